The zero-order chi connectivity index (χ0) is 7.40. The lowest BCUT2D eigenvalue weighted by Gasteiger charge is -2.28. The molecule has 0 amide bonds. The predicted octanol–water partition coefficient (Wildman–Crippen LogP) is 1.02. The smallest absolute Gasteiger partial charge is 0.0643 e. The van der Waals surface area contributed by atoms with Gasteiger partial charge in [-0.2, -0.15) is 0 Å². The van der Waals surface area contributed by atoms with Gasteiger partial charge in [0, 0.05) is 0 Å². The third kappa shape index (κ3) is 2.27. The normalized spacial score (nSPS) is 22.2. The molecule has 2 heteroatoms. The zero-order valence-electron chi connectivity index (χ0n) is 6.89. The standard InChI is InChI=1S/C8H17NO/c1-3-7(2)4-9-8-5-10-6-8/h7-9H,3-6H2,1-2H3. The van der Waals surface area contributed by atoms with Gasteiger partial charge in [-0.05, 0) is 12.5 Å². The first kappa shape index (κ1) is 8.02. The second-order valence-electron chi connectivity index (χ2n) is 3.16. The molecule has 0 spiro atoms. The summed E-state index contributed by atoms with van der Waals surface area (Å²) in [6.45, 7) is 7.47. The average molecular weight is 143 g/mol. The molecule has 1 aliphatic rings. The van der Waals surface area contributed by atoms with Crippen LogP contribution in [0.5, 0.6) is 0 Å². The molecule has 1 atom stereocenters. The monoisotopic (exact) mass is 143 g/mol. The molecular weight excluding hydrogens is 126 g/mol. The van der Waals surface area contributed by atoms with Crippen molar-refractivity contribution in [2.45, 2.75) is 26.3 Å². The third-order valence-electron chi connectivity index (χ3n) is 2.09. The molecule has 1 N–H and O–H groups in total. The molecular formula is C8H17NO. The number of hydrogen-bond acceptors (Lipinski definition) is 2. The quantitative estimate of drug-likeness (QED) is 0.634. The summed E-state index contributed by atoms with van der Waals surface area (Å²) in [5.41, 5.74) is 0. The molecule has 0 radical (unpaired) electrons. The Hall–Kier alpha value is -0.0800. The Kier molecular flexibility index (Phi) is 3.16. The van der Waals surface area contributed by atoms with E-state index in [-0.39, 0.29) is 0 Å². The second kappa shape index (κ2) is 3.94. The lowest BCUT2D eigenvalue weighted by molar-refractivity contribution is -0.00625. The lowest BCUT2D eigenvalue weighted by Crippen LogP contribution is -2.47. The summed E-state index contributed by atoms with van der Waals surface area (Å²) < 4.78 is 5.04. The van der Waals surface area contributed by atoms with E-state index in [0.717, 1.165) is 25.7 Å². The molecule has 1 rings (SSSR count). The molecule has 0 bridgehead atoms. The summed E-state index contributed by atoms with van der Waals surface area (Å²) in [6.07, 6.45) is 1.26. The van der Waals surface area contributed by atoms with Crippen LogP contribution in [0, 0.1) is 5.92 Å². The molecule has 2 nitrogen and oxygen atoms in total. The van der Waals surface area contributed by atoms with Crippen LogP contribution in [-0.4, -0.2) is 25.8 Å². The molecule has 0 aromatic heterocycles. The first-order valence-electron chi connectivity index (χ1n) is 4.14. The third-order valence-corrected chi connectivity index (χ3v) is 2.09. The van der Waals surface area contributed by atoms with Crippen molar-refractivity contribution < 1.29 is 4.74 Å². The molecule has 10 heavy (non-hydrogen) atoms. The molecule has 1 heterocycles. The summed E-state index contributed by atoms with van der Waals surface area (Å²) in [6, 6.07) is 0.647. The molecule has 0 aromatic carbocycles. The van der Waals surface area contributed by atoms with E-state index in [2.05, 4.69) is 19.2 Å². The van der Waals surface area contributed by atoms with Crippen molar-refractivity contribution >= 4 is 0 Å². The first-order chi connectivity index (χ1) is 4.83. The fourth-order valence-corrected chi connectivity index (χ4v) is 0.866. The molecule has 60 valence electrons. The minimum atomic E-state index is 0.647. The lowest BCUT2D eigenvalue weighted by atomic mass is 10.1. The minimum absolute atomic E-state index is 0.647. The van der Waals surface area contributed by atoms with Gasteiger partial charge in [0.25, 0.3) is 0 Å². The van der Waals surface area contributed by atoms with Crippen molar-refractivity contribution in [2.75, 3.05) is 19.8 Å². The number of rotatable bonds is 4. The summed E-state index contributed by atoms with van der Waals surface area (Å²) in [4.78, 5) is 0. The van der Waals surface area contributed by atoms with E-state index < -0.39 is 0 Å². The summed E-state index contributed by atoms with van der Waals surface area (Å²) in [5, 5.41) is 3.44. The summed E-state index contributed by atoms with van der Waals surface area (Å²) in [7, 11) is 0. The van der Waals surface area contributed by atoms with E-state index >= 15 is 0 Å². The average Bonchev–Trinajstić information content (AvgIpc) is 1.84. The minimum Gasteiger partial charge on any atom is -0.378 e. The molecule has 1 saturated heterocycles. The SMILES string of the molecule is CCC(C)CNC1COC1. The van der Waals surface area contributed by atoms with Crippen molar-refractivity contribution in [1.29, 1.82) is 0 Å². The highest BCUT2D eigenvalue weighted by Crippen LogP contribution is 2.02. The van der Waals surface area contributed by atoms with Gasteiger partial charge in [0.15, 0.2) is 0 Å². The molecule has 1 unspecified atom stereocenters. The van der Waals surface area contributed by atoms with Gasteiger partial charge in [-0.15, -0.1) is 0 Å². The van der Waals surface area contributed by atoms with Gasteiger partial charge in [0.05, 0.1) is 19.3 Å². The topological polar surface area (TPSA) is 21.3 Å². The Labute approximate surface area is 63.0 Å². The van der Waals surface area contributed by atoms with Gasteiger partial charge in [-0.25, -0.2) is 0 Å². The van der Waals surface area contributed by atoms with E-state index in [0.29, 0.717) is 6.04 Å². The first-order valence-corrected chi connectivity index (χ1v) is 4.14. The molecule has 1 fully saturated rings. The molecule has 0 aromatic rings. The molecule has 0 aliphatic carbocycles. The van der Waals surface area contributed by atoms with Crippen LogP contribution in [0.3, 0.4) is 0 Å². The highest BCUT2D eigenvalue weighted by Gasteiger charge is 2.17. The van der Waals surface area contributed by atoms with Crippen LogP contribution in [0.2, 0.25) is 0 Å². The number of hydrogen-bond donors (Lipinski definition) is 1. The Morgan fingerprint density at radius 3 is 2.70 bits per heavy atom. The van der Waals surface area contributed by atoms with Crippen LogP contribution in [0.15, 0.2) is 0 Å². The van der Waals surface area contributed by atoms with Gasteiger partial charge in [-0.3, -0.25) is 0 Å². The summed E-state index contributed by atoms with van der Waals surface area (Å²) >= 11 is 0. The number of ether oxygens (including phenoxy) is 1. The highest BCUT2D eigenvalue weighted by atomic mass is 16.5. The predicted molar refractivity (Wildman–Crippen MR) is 42.1 cm³/mol. The van der Waals surface area contributed by atoms with Crippen LogP contribution < -0.4 is 5.32 Å². The van der Waals surface area contributed by atoms with E-state index in [1.165, 1.54) is 6.42 Å². The maximum atomic E-state index is 5.04. The zero-order valence-corrected chi connectivity index (χ0v) is 6.89. The van der Waals surface area contributed by atoms with Gasteiger partial charge in [-0.1, -0.05) is 20.3 Å². The second-order valence-corrected chi connectivity index (χ2v) is 3.16. The molecule has 1 aliphatic heterocycles. The van der Waals surface area contributed by atoms with Crippen molar-refractivity contribution in [3.8, 4) is 0 Å². The van der Waals surface area contributed by atoms with Gasteiger partial charge in [0.2, 0.25) is 0 Å². The maximum Gasteiger partial charge on any atom is 0.0643 e. The highest BCUT2D eigenvalue weighted by molar-refractivity contribution is 4.73. The van der Waals surface area contributed by atoms with Crippen molar-refractivity contribution in [1.82, 2.24) is 5.32 Å². The van der Waals surface area contributed by atoms with Crippen LogP contribution in [0.4, 0.5) is 0 Å². The largest absolute Gasteiger partial charge is 0.378 e. The van der Waals surface area contributed by atoms with E-state index in [4.69, 9.17) is 4.74 Å². The molecule has 0 saturated carbocycles. The van der Waals surface area contributed by atoms with Crippen LogP contribution >= 0.6 is 0 Å². The fraction of sp³-hybridized carbons (Fsp3) is 1.00. The fourth-order valence-electron chi connectivity index (χ4n) is 0.866. The van der Waals surface area contributed by atoms with Crippen LogP contribution in [-0.2, 0) is 4.74 Å². The van der Waals surface area contributed by atoms with Crippen LogP contribution in [0.25, 0.3) is 0 Å². The summed E-state index contributed by atoms with van der Waals surface area (Å²) in [5.74, 6) is 0.806. The van der Waals surface area contributed by atoms with Gasteiger partial charge in [0.1, 0.15) is 0 Å². The Balaban J connectivity index is 1.93. The van der Waals surface area contributed by atoms with E-state index in [1.807, 2.05) is 0 Å². The Morgan fingerprint density at radius 2 is 2.30 bits per heavy atom. The van der Waals surface area contributed by atoms with Crippen molar-refractivity contribution in [3.05, 3.63) is 0 Å². The van der Waals surface area contributed by atoms with Crippen LogP contribution in [0.1, 0.15) is 20.3 Å². The van der Waals surface area contributed by atoms with Crippen molar-refractivity contribution in [3.63, 3.8) is 0 Å². The Morgan fingerprint density at radius 1 is 1.60 bits per heavy atom. The Bertz CT molecular complexity index is 86.5. The van der Waals surface area contributed by atoms with Crippen molar-refractivity contribution in [2.24, 2.45) is 5.92 Å². The van der Waals surface area contributed by atoms with Gasteiger partial charge >= 0.3 is 0 Å². The maximum absolute atomic E-state index is 5.04. The number of nitrogens with one attached hydrogen (secondary N) is 1. The van der Waals surface area contributed by atoms with E-state index in [1.54, 1.807) is 0 Å². The van der Waals surface area contributed by atoms with Gasteiger partial charge < -0.3 is 10.1 Å². The van der Waals surface area contributed by atoms with E-state index in [9.17, 15) is 0 Å².